The minimum Gasteiger partial charge on any atom is -0.395 e. The van der Waals surface area contributed by atoms with Crippen LogP contribution in [0, 0.1) is 0 Å². The van der Waals surface area contributed by atoms with Gasteiger partial charge in [-0.05, 0) is 35.7 Å². The number of hydrogen-bond donors (Lipinski definition) is 3. The van der Waals surface area contributed by atoms with Gasteiger partial charge >= 0.3 is 0 Å². The maximum atomic E-state index is 12.0. The van der Waals surface area contributed by atoms with Gasteiger partial charge in [0.05, 0.1) is 12.8 Å². The van der Waals surface area contributed by atoms with E-state index in [-0.39, 0.29) is 18.4 Å². The van der Waals surface area contributed by atoms with Crippen molar-refractivity contribution in [2.24, 2.45) is 12.0 Å². The van der Waals surface area contributed by atoms with Gasteiger partial charge in [0.15, 0.2) is 5.82 Å². The second kappa shape index (κ2) is 9.86. The highest BCUT2D eigenvalue weighted by molar-refractivity contribution is 5.97. The molecule has 9 heteroatoms. The number of aromatic nitrogens is 4. The number of carbonyl (C=O) groups is 1. The summed E-state index contributed by atoms with van der Waals surface area (Å²) >= 11 is 0. The fourth-order valence-corrected chi connectivity index (χ4v) is 4.03. The third-order valence-electron chi connectivity index (χ3n) is 5.87. The van der Waals surface area contributed by atoms with E-state index < -0.39 is 0 Å². The van der Waals surface area contributed by atoms with E-state index >= 15 is 0 Å². The molecule has 0 spiro atoms. The molecule has 9 nitrogen and oxygen atoms in total. The van der Waals surface area contributed by atoms with E-state index in [1.807, 2.05) is 55.7 Å². The summed E-state index contributed by atoms with van der Waals surface area (Å²) in [5.41, 5.74) is 5.00. The summed E-state index contributed by atoms with van der Waals surface area (Å²) in [5.74, 6) is 0.520. The van der Waals surface area contributed by atoms with Gasteiger partial charge in [-0.15, -0.1) is 0 Å². The zero-order chi connectivity index (χ0) is 24.2. The fourth-order valence-electron chi connectivity index (χ4n) is 4.03. The average molecular weight is 468 g/mol. The van der Waals surface area contributed by atoms with E-state index in [2.05, 4.69) is 30.7 Å². The quantitative estimate of drug-likeness (QED) is 0.359. The number of aliphatic imine (C=N–C) groups is 1. The molecular formula is C26H25N7O2. The number of benzene rings is 2. The Balaban J connectivity index is 1.47. The maximum absolute atomic E-state index is 12.0. The normalized spacial score (nSPS) is 13.9. The van der Waals surface area contributed by atoms with Crippen molar-refractivity contribution < 1.29 is 9.90 Å². The molecule has 1 amide bonds. The molecule has 0 aliphatic carbocycles. The van der Waals surface area contributed by atoms with Crippen LogP contribution in [0.25, 0.3) is 11.1 Å². The summed E-state index contributed by atoms with van der Waals surface area (Å²) in [4.78, 5) is 25.8. The predicted molar refractivity (Wildman–Crippen MR) is 134 cm³/mol. The molecule has 2 aromatic carbocycles. The number of fused-ring (bicyclic) bond motifs is 1. The fraction of sp³-hybridized carbons (Fsp3) is 0.192. The minimum atomic E-state index is -0.267. The summed E-state index contributed by atoms with van der Waals surface area (Å²) in [6.07, 6.45) is 7.80. The van der Waals surface area contributed by atoms with Crippen LogP contribution in [-0.2, 0) is 13.5 Å². The topological polar surface area (TPSA) is 117 Å². The number of aryl methyl sites for hydroxylation is 1. The van der Waals surface area contributed by atoms with Crippen LogP contribution in [0.2, 0.25) is 0 Å². The molecule has 2 aromatic heterocycles. The van der Waals surface area contributed by atoms with Crippen LogP contribution in [0.4, 0.5) is 17.5 Å². The first-order valence-corrected chi connectivity index (χ1v) is 11.3. The number of aliphatic hydroxyl groups is 1. The van der Waals surface area contributed by atoms with E-state index in [9.17, 15) is 9.90 Å². The van der Waals surface area contributed by atoms with Crippen molar-refractivity contribution in [1.82, 2.24) is 25.1 Å². The Kier molecular flexibility index (Phi) is 6.32. The smallest absolute Gasteiger partial charge is 0.251 e. The van der Waals surface area contributed by atoms with Crippen molar-refractivity contribution >= 4 is 29.6 Å². The molecule has 0 radical (unpaired) electrons. The molecule has 3 N–H and O–H groups in total. The molecule has 176 valence electrons. The molecule has 0 bridgehead atoms. The summed E-state index contributed by atoms with van der Waals surface area (Å²) < 4.78 is 1.71. The van der Waals surface area contributed by atoms with Gasteiger partial charge in [-0.25, -0.2) is 9.98 Å². The molecule has 35 heavy (non-hydrogen) atoms. The number of aliphatic hydroxyl groups excluding tert-OH is 1. The molecule has 1 atom stereocenters. The Morgan fingerprint density at radius 1 is 1.20 bits per heavy atom. The van der Waals surface area contributed by atoms with Crippen molar-refractivity contribution in [3.63, 3.8) is 0 Å². The number of nitrogens with zero attached hydrogens (tertiary/aromatic N) is 5. The van der Waals surface area contributed by atoms with Crippen LogP contribution >= 0.6 is 0 Å². The summed E-state index contributed by atoms with van der Waals surface area (Å²) in [5, 5.41) is 20.3. The first kappa shape index (κ1) is 22.4. The molecule has 3 heterocycles. The van der Waals surface area contributed by atoms with Gasteiger partial charge in [0.2, 0.25) is 5.95 Å². The molecule has 1 aliphatic rings. The second-order valence-corrected chi connectivity index (χ2v) is 8.31. The van der Waals surface area contributed by atoms with Crippen molar-refractivity contribution in [2.45, 2.75) is 12.3 Å². The first-order valence-electron chi connectivity index (χ1n) is 11.3. The number of rotatable bonds is 7. The van der Waals surface area contributed by atoms with Gasteiger partial charge in [-0.3, -0.25) is 9.48 Å². The minimum absolute atomic E-state index is 0.0525. The highest BCUT2D eigenvalue weighted by Gasteiger charge is 2.17. The van der Waals surface area contributed by atoms with Crippen LogP contribution in [0.15, 0.2) is 72.1 Å². The lowest BCUT2D eigenvalue weighted by Gasteiger charge is -2.17. The number of nitrogens with one attached hydrogen (secondary N) is 2. The molecule has 0 fully saturated rings. The summed E-state index contributed by atoms with van der Waals surface area (Å²) in [7, 11) is 1.84. The molecule has 4 aromatic rings. The molecule has 0 saturated heterocycles. The lowest BCUT2D eigenvalue weighted by molar-refractivity contribution is 0.0946. The van der Waals surface area contributed by atoms with Gasteiger partial charge in [0, 0.05) is 60.5 Å². The maximum Gasteiger partial charge on any atom is 0.251 e. The van der Waals surface area contributed by atoms with Gasteiger partial charge < -0.3 is 15.7 Å². The molecular weight excluding hydrogens is 442 g/mol. The average Bonchev–Trinajstić information content (AvgIpc) is 3.31. The first-order chi connectivity index (χ1) is 17.1. The van der Waals surface area contributed by atoms with Gasteiger partial charge in [0.25, 0.3) is 5.91 Å². The summed E-state index contributed by atoms with van der Waals surface area (Å²) in [6.45, 7) is 0.548. The number of amides is 1. The van der Waals surface area contributed by atoms with Crippen molar-refractivity contribution in [3.8, 4) is 11.1 Å². The third kappa shape index (κ3) is 4.95. The molecule has 1 aliphatic heterocycles. The zero-order valence-corrected chi connectivity index (χ0v) is 19.2. The summed E-state index contributed by atoms with van der Waals surface area (Å²) in [6, 6.07) is 15.3. The number of anilines is 2. The highest BCUT2D eigenvalue weighted by Crippen LogP contribution is 2.30. The van der Waals surface area contributed by atoms with Gasteiger partial charge in [-0.2, -0.15) is 10.1 Å². The lowest BCUT2D eigenvalue weighted by Crippen LogP contribution is -2.31. The van der Waals surface area contributed by atoms with Crippen LogP contribution in [0.3, 0.4) is 0 Å². The molecule has 0 saturated carbocycles. The van der Waals surface area contributed by atoms with E-state index in [1.54, 1.807) is 29.4 Å². The largest absolute Gasteiger partial charge is 0.395 e. The van der Waals surface area contributed by atoms with Crippen LogP contribution in [-0.4, -0.2) is 50.1 Å². The standard InChI is InChI=1S/C26H25N7O2/c1-33-15-19(13-30-33)23-14-29-26(31-21-7-8-22-18(11-21)9-10-27-25(22)35)32-24(23)28-12-20(16-34)17-5-3-2-4-6-17/h2-8,11-15,20,34H,9-10,16H2,1H3,(H,27,35)(H,29,31,32). The van der Waals surface area contributed by atoms with Crippen molar-refractivity contribution in [2.75, 3.05) is 18.5 Å². The van der Waals surface area contributed by atoms with E-state index in [1.165, 1.54) is 0 Å². The van der Waals surface area contributed by atoms with E-state index in [0.29, 0.717) is 23.9 Å². The predicted octanol–water partition coefficient (Wildman–Crippen LogP) is 3.39. The zero-order valence-electron chi connectivity index (χ0n) is 19.2. The van der Waals surface area contributed by atoms with Crippen molar-refractivity contribution in [3.05, 3.63) is 83.8 Å². The molecule has 5 rings (SSSR count). The van der Waals surface area contributed by atoms with Crippen LogP contribution in [0.1, 0.15) is 27.4 Å². The van der Waals surface area contributed by atoms with Gasteiger partial charge in [-0.1, -0.05) is 30.3 Å². The van der Waals surface area contributed by atoms with E-state index in [0.717, 1.165) is 34.4 Å². The Bertz CT molecular complexity index is 1380. The van der Waals surface area contributed by atoms with Gasteiger partial charge in [0.1, 0.15) is 0 Å². The Hall–Kier alpha value is -4.37. The Morgan fingerprint density at radius 2 is 2.06 bits per heavy atom. The highest BCUT2D eigenvalue weighted by atomic mass is 16.3. The Labute approximate surface area is 202 Å². The monoisotopic (exact) mass is 467 g/mol. The van der Waals surface area contributed by atoms with Crippen LogP contribution in [0.5, 0.6) is 0 Å². The van der Waals surface area contributed by atoms with Crippen molar-refractivity contribution in [1.29, 1.82) is 0 Å². The number of hydrogen-bond acceptors (Lipinski definition) is 7. The lowest BCUT2D eigenvalue weighted by atomic mass is 10.00. The van der Waals surface area contributed by atoms with Crippen LogP contribution < -0.4 is 10.6 Å². The Morgan fingerprint density at radius 3 is 2.83 bits per heavy atom. The molecule has 1 unspecified atom stereocenters. The SMILES string of the molecule is Cn1cc(-c2cnc(Nc3ccc4c(c3)CCNC4=O)nc2N=CC(CO)c2ccccc2)cn1. The third-order valence-corrected chi connectivity index (χ3v) is 5.87. The second-order valence-electron chi connectivity index (χ2n) is 8.31. The van der Waals surface area contributed by atoms with E-state index in [4.69, 9.17) is 0 Å². The number of carbonyl (C=O) groups excluding carboxylic acids is 1.